The Hall–Kier alpha value is -2.67. The monoisotopic (exact) mass is 346 g/mol. The molecule has 5 nitrogen and oxygen atoms in total. The Morgan fingerprint density at radius 1 is 1.08 bits per heavy atom. The van der Waals surface area contributed by atoms with Crippen molar-refractivity contribution in [2.24, 2.45) is 0 Å². The summed E-state index contributed by atoms with van der Waals surface area (Å²) in [5.41, 5.74) is 0.491. The van der Waals surface area contributed by atoms with Crippen LogP contribution < -0.4 is 5.32 Å². The van der Waals surface area contributed by atoms with Crippen molar-refractivity contribution in [2.45, 2.75) is 16.8 Å². The Morgan fingerprint density at radius 2 is 1.75 bits per heavy atom. The highest BCUT2D eigenvalue weighted by molar-refractivity contribution is 7.91. The van der Waals surface area contributed by atoms with Crippen LogP contribution in [0.2, 0.25) is 0 Å². The Balaban J connectivity index is 2.12. The largest absolute Gasteiger partial charge is 0.419 e. The number of halogens is 1. The van der Waals surface area contributed by atoms with E-state index in [1.54, 1.807) is 18.2 Å². The molecule has 2 aromatic carbocycles. The van der Waals surface area contributed by atoms with E-state index in [-0.39, 0.29) is 21.7 Å². The van der Waals surface area contributed by atoms with E-state index in [1.165, 1.54) is 36.4 Å². The first-order valence-corrected chi connectivity index (χ1v) is 8.81. The second-order valence-corrected chi connectivity index (χ2v) is 6.87. The Bertz CT molecular complexity index is 936. The summed E-state index contributed by atoms with van der Waals surface area (Å²) in [4.78, 5) is 4.27. The fraction of sp³-hybridized carbons (Fsp3) is 0.118. The number of hydrogen-bond donors (Lipinski definition) is 1. The first-order valence-electron chi connectivity index (χ1n) is 7.33. The normalized spacial score (nSPS) is 11.4. The summed E-state index contributed by atoms with van der Waals surface area (Å²) in [7, 11) is -3.83. The summed E-state index contributed by atoms with van der Waals surface area (Å²) in [6, 6.07) is 13.5. The number of sulfone groups is 1. The molecule has 0 aliphatic heterocycles. The van der Waals surface area contributed by atoms with Crippen LogP contribution in [0.15, 0.2) is 68.9 Å². The lowest BCUT2D eigenvalue weighted by Gasteiger charge is -2.03. The summed E-state index contributed by atoms with van der Waals surface area (Å²) in [6.07, 6.45) is 0. The van der Waals surface area contributed by atoms with Crippen LogP contribution in [0.1, 0.15) is 6.92 Å². The third-order valence-electron chi connectivity index (χ3n) is 3.33. The van der Waals surface area contributed by atoms with Gasteiger partial charge in [0.15, 0.2) is 0 Å². The van der Waals surface area contributed by atoms with Crippen molar-refractivity contribution in [2.75, 3.05) is 11.9 Å². The zero-order chi connectivity index (χ0) is 17.2. The lowest BCUT2D eigenvalue weighted by atomic mass is 10.2. The van der Waals surface area contributed by atoms with E-state index in [9.17, 15) is 12.8 Å². The number of oxazole rings is 1. The molecule has 0 unspecified atom stereocenters. The predicted octanol–water partition coefficient (Wildman–Crippen LogP) is 3.75. The number of nitrogens with one attached hydrogen (secondary N) is 1. The fourth-order valence-electron chi connectivity index (χ4n) is 2.19. The molecular weight excluding hydrogens is 331 g/mol. The summed E-state index contributed by atoms with van der Waals surface area (Å²) in [5, 5.41) is 2.69. The quantitative estimate of drug-likeness (QED) is 0.762. The average Bonchev–Trinajstić information content (AvgIpc) is 3.01. The molecule has 24 heavy (non-hydrogen) atoms. The van der Waals surface area contributed by atoms with Gasteiger partial charge in [-0.3, -0.25) is 0 Å². The molecule has 0 saturated carbocycles. The minimum Gasteiger partial charge on any atom is -0.419 e. The molecule has 0 aliphatic carbocycles. The second kappa shape index (κ2) is 6.45. The maximum atomic E-state index is 13.1. The van der Waals surface area contributed by atoms with Gasteiger partial charge >= 0.3 is 0 Å². The van der Waals surface area contributed by atoms with Gasteiger partial charge in [0.1, 0.15) is 5.82 Å². The molecule has 0 bridgehead atoms. The van der Waals surface area contributed by atoms with Gasteiger partial charge in [-0.2, -0.15) is 4.98 Å². The van der Waals surface area contributed by atoms with Crippen molar-refractivity contribution in [1.29, 1.82) is 0 Å². The van der Waals surface area contributed by atoms with E-state index in [4.69, 9.17) is 4.42 Å². The first kappa shape index (κ1) is 16.2. The van der Waals surface area contributed by atoms with Crippen molar-refractivity contribution in [3.8, 4) is 11.5 Å². The molecule has 0 spiro atoms. The van der Waals surface area contributed by atoms with E-state index in [0.29, 0.717) is 12.1 Å². The van der Waals surface area contributed by atoms with Crippen LogP contribution in [0, 0.1) is 5.82 Å². The molecule has 0 fully saturated rings. The predicted molar refractivity (Wildman–Crippen MR) is 88.0 cm³/mol. The van der Waals surface area contributed by atoms with Gasteiger partial charge in [-0.1, -0.05) is 18.2 Å². The van der Waals surface area contributed by atoms with Crippen LogP contribution in [0.25, 0.3) is 11.5 Å². The van der Waals surface area contributed by atoms with Gasteiger partial charge in [0.05, 0.1) is 4.90 Å². The molecule has 3 aromatic rings. The highest BCUT2D eigenvalue weighted by Gasteiger charge is 2.28. The van der Waals surface area contributed by atoms with Gasteiger partial charge in [0.2, 0.25) is 26.6 Å². The number of rotatable bonds is 5. The third-order valence-corrected chi connectivity index (χ3v) is 5.01. The van der Waals surface area contributed by atoms with Crippen LogP contribution in [-0.4, -0.2) is 19.9 Å². The van der Waals surface area contributed by atoms with Crippen molar-refractivity contribution in [3.63, 3.8) is 0 Å². The molecule has 124 valence electrons. The summed E-state index contributed by atoms with van der Waals surface area (Å²) in [5.74, 6) is -0.213. The maximum Gasteiger partial charge on any atom is 0.233 e. The Kier molecular flexibility index (Phi) is 4.35. The zero-order valence-electron chi connectivity index (χ0n) is 12.9. The number of benzene rings is 2. The minimum atomic E-state index is -3.83. The highest BCUT2D eigenvalue weighted by atomic mass is 32.2. The molecule has 0 amide bonds. The lowest BCUT2D eigenvalue weighted by Crippen LogP contribution is -2.06. The molecule has 0 saturated heterocycles. The van der Waals surface area contributed by atoms with Gasteiger partial charge in [0.25, 0.3) is 0 Å². The Labute approximate surface area is 139 Å². The van der Waals surface area contributed by atoms with Gasteiger partial charge in [-0.05, 0) is 43.3 Å². The van der Waals surface area contributed by atoms with Crippen molar-refractivity contribution in [3.05, 3.63) is 60.4 Å². The van der Waals surface area contributed by atoms with E-state index in [1.807, 2.05) is 6.92 Å². The molecule has 0 radical (unpaired) electrons. The second-order valence-electron chi connectivity index (χ2n) is 5.01. The number of nitrogens with zero attached hydrogens (tertiary/aromatic N) is 1. The van der Waals surface area contributed by atoms with Gasteiger partial charge < -0.3 is 9.73 Å². The minimum absolute atomic E-state index is 0.0701. The summed E-state index contributed by atoms with van der Waals surface area (Å²) in [6.45, 7) is 2.29. The molecule has 3 rings (SSSR count). The fourth-order valence-corrected chi connectivity index (χ4v) is 3.49. The highest BCUT2D eigenvalue weighted by Crippen LogP contribution is 2.32. The van der Waals surface area contributed by atoms with Crippen LogP contribution in [0.5, 0.6) is 0 Å². The number of hydrogen-bond acceptors (Lipinski definition) is 5. The molecule has 1 N–H and O–H groups in total. The molecule has 0 aliphatic rings. The summed E-state index contributed by atoms with van der Waals surface area (Å²) >= 11 is 0. The van der Waals surface area contributed by atoms with Crippen LogP contribution in [0.3, 0.4) is 0 Å². The number of anilines is 1. The molecule has 1 heterocycles. The van der Waals surface area contributed by atoms with Crippen molar-refractivity contribution < 1.29 is 17.2 Å². The topological polar surface area (TPSA) is 72.2 Å². The van der Waals surface area contributed by atoms with Crippen molar-refractivity contribution >= 4 is 15.7 Å². The molecule has 7 heteroatoms. The zero-order valence-corrected chi connectivity index (χ0v) is 13.7. The SMILES string of the molecule is CCNc1oc(-c2ccc(F)cc2)nc1S(=O)(=O)c1ccccc1. The van der Waals surface area contributed by atoms with E-state index in [0.717, 1.165) is 0 Å². The smallest absolute Gasteiger partial charge is 0.233 e. The van der Waals surface area contributed by atoms with E-state index in [2.05, 4.69) is 10.3 Å². The van der Waals surface area contributed by atoms with Crippen LogP contribution in [0.4, 0.5) is 10.3 Å². The maximum absolute atomic E-state index is 13.1. The van der Waals surface area contributed by atoms with E-state index >= 15 is 0 Å². The molecular formula is C17H15FN2O3S. The average molecular weight is 346 g/mol. The van der Waals surface area contributed by atoms with E-state index < -0.39 is 15.7 Å². The third kappa shape index (κ3) is 3.03. The molecule has 0 atom stereocenters. The van der Waals surface area contributed by atoms with Gasteiger partial charge in [0, 0.05) is 12.1 Å². The van der Waals surface area contributed by atoms with Crippen LogP contribution in [-0.2, 0) is 9.84 Å². The Morgan fingerprint density at radius 3 is 2.38 bits per heavy atom. The molecule has 1 aromatic heterocycles. The van der Waals surface area contributed by atoms with Crippen molar-refractivity contribution in [1.82, 2.24) is 4.98 Å². The standard InChI is InChI=1S/C17H15FN2O3S/c1-2-19-16-17(24(21,22)14-6-4-3-5-7-14)20-15(23-16)12-8-10-13(18)11-9-12/h3-11,19H,2H2,1H3. The van der Waals surface area contributed by atoms with Crippen LogP contribution >= 0.6 is 0 Å². The first-order chi connectivity index (χ1) is 11.5. The lowest BCUT2D eigenvalue weighted by molar-refractivity contribution is 0.577. The van der Waals surface area contributed by atoms with Gasteiger partial charge in [-0.15, -0.1) is 0 Å². The number of aromatic nitrogens is 1. The summed E-state index contributed by atoms with van der Waals surface area (Å²) < 4.78 is 44.2. The van der Waals surface area contributed by atoms with Gasteiger partial charge in [-0.25, -0.2) is 12.8 Å².